The normalized spacial score (nSPS) is 16.8. The zero-order valence-electron chi connectivity index (χ0n) is 11.1. The Morgan fingerprint density at radius 3 is 2.30 bits per heavy atom. The highest BCUT2D eigenvalue weighted by molar-refractivity contribution is 5.85. The number of rotatable bonds is 5. The van der Waals surface area contributed by atoms with Gasteiger partial charge in [0.2, 0.25) is 0 Å². The van der Waals surface area contributed by atoms with Crippen molar-refractivity contribution >= 4 is 24.8 Å². The standard InChI is InChI=1S/C11H19F2N5.2ClH/c12-11(13)18-4-2-15-10(18)9-17-7-5-16(3-1-14)6-8-17;;/h2,4,11H,1,3,5-9,14H2;2*1H. The summed E-state index contributed by atoms with van der Waals surface area (Å²) >= 11 is 0. The average molecular weight is 332 g/mol. The fourth-order valence-corrected chi connectivity index (χ4v) is 2.20. The van der Waals surface area contributed by atoms with E-state index in [2.05, 4.69) is 14.8 Å². The quantitative estimate of drug-likeness (QED) is 0.880. The van der Waals surface area contributed by atoms with Crippen LogP contribution in [0.15, 0.2) is 12.4 Å². The number of alkyl halides is 2. The summed E-state index contributed by atoms with van der Waals surface area (Å²) in [5.74, 6) is 0.428. The molecule has 1 aromatic rings. The highest BCUT2D eigenvalue weighted by Gasteiger charge is 2.19. The molecule has 0 spiro atoms. The molecular formula is C11H21Cl2F2N5. The van der Waals surface area contributed by atoms with E-state index in [4.69, 9.17) is 5.73 Å². The van der Waals surface area contributed by atoms with Gasteiger partial charge in [0.25, 0.3) is 0 Å². The third-order valence-corrected chi connectivity index (χ3v) is 3.23. The van der Waals surface area contributed by atoms with Gasteiger partial charge in [0.1, 0.15) is 5.82 Å². The van der Waals surface area contributed by atoms with Crippen molar-refractivity contribution in [1.29, 1.82) is 0 Å². The topological polar surface area (TPSA) is 50.3 Å². The van der Waals surface area contributed by atoms with Crippen molar-refractivity contribution in [3.05, 3.63) is 18.2 Å². The van der Waals surface area contributed by atoms with Crippen molar-refractivity contribution in [3.63, 3.8) is 0 Å². The Kier molecular flexibility index (Phi) is 9.24. The van der Waals surface area contributed by atoms with E-state index in [1.165, 1.54) is 12.4 Å². The largest absolute Gasteiger partial charge is 0.329 e. The van der Waals surface area contributed by atoms with Crippen molar-refractivity contribution in [2.75, 3.05) is 39.3 Å². The first kappa shape index (κ1) is 19.5. The summed E-state index contributed by atoms with van der Waals surface area (Å²) in [4.78, 5) is 8.43. The number of aromatic nitrogens is 2. The van der Waals surface area contributed by atoms with Crippen molar-refractivity contribution in [2.24, 2.45) is 5.73 Å². The molecule has 9 heteroatoms. The van der Waals surface area contributed by atoms with Gasteiger partial charge in [0, 0.05) is 51.7 Å². The lowest BCUT2D eigenvalue weighted by molar-refractivity contribution is 0.0608. The van der Waals surface area contributed by atoms with Gasteiger partial charge >= 0.3 is 6.55 Å². The summed E-state index contributed by atoms with van der Waals surface area (Å²) in [7, 11) is 0. The Balaban J connectivity index is 0.00000180. The molecule has 0 radical (unpaired) electrons. The Morgan fingerprint density at radius 1 is 1.15 bits per heavy atom. The van der Waals surface area contributed by atoms with Gasteiger partial charge in [-0.2, -0.15) is 8.78 Å². The first-order valence-electron chi connectivity index (χ1n) is 6.15. The molecule has 5 nitrogen and oxygen atoms in total. The molecule has 0 aromatic carbocycles. The summed E-state index contributed by atoms with van der Waals surface area (Å²) in [6, 6.07) is 0. The number of nitrogens with two attached hydrogens (primary N) is 1. The van der Waals surface area contributed by atoms with Gasteiger partial charge in [-0.25, -0.2) is 4.98 Å². The van der Waals surface area contributed by atoms with Gasteiger partial charge in [0.05, 0.1) is 6.54 Å². The highest BCUT2D eigenvalue weighted by Crippen LogP contribution is 2.14. The van der Waals surface area contributed by atoms with E-state index in [0.717, 1.165) is 37.3 Å². The van der Waals surface area contributed by atoms with Gasteiger partial charge in [0.15, 0.2) is 0 Å². The zero-order chi connectivity index (χ0) is 13.0. The van der Waals surface area contributed by atoms with Gasteiger partial charge in [-0.1, -0.05) is 0 Å². The fraction of sp³-hybridized carbons (Fsp3) is 0.727. The molecule has 2 heterocycles. The summed E-state index contributed by atoms with van der Waals surface area (Å²) in [6.45, 7) is 3.15. The number of imidazole rings is 1. The van der Waals surface area contributed by atoms with Crippen molar-refractivity contribution < 1.29 is 8.78 Å². The minimum Gasteiger partial charge on any atom is -0.329 e. The molecule has 0 aliphatic carbocycles. The smallest absolute Gasteiger partial charge is 0.319 e. The first-order valence-corrected chi connectivity index (χ1v) is 6.15. The minimum atomic E-state index is -2.51. The predicted octanol–water partition coefficient (Wildman–Crippen LogP) is 1.20. The van der Waals surface area contributed by atoms with Crippen LogP contribution in [-0.2, 0) is 6.54 Å². The molecule has 0 amide bonds. The molecule has 1 fully saturated rings. The van der Waals surface area contributed by atoms with E-state index >= 15 is 0 Å². The molecule has 1 aromatic heterocycles. The lowest BCUT2D eigenvalue weighted by atomic mass is 10.3. The lowest BCUT2D eigenvalue weighted by Gasteiger charge is -2.34. The average Bonchev–Trinajstić information content (AvgIpc) is 2.80. The van der Waals surface area contributed by atoms with Gasteiger partial charge in [-0.3, -0.25) is 14.4 Å². The molecule has 0 saturated carbocycles. The monoisotopic (exact) mass is 331 g/mol. The molecule has 0 bridgehead atoms. The highest BCUT2D eigenvalue weighted by atomic mass is 35.5. The van der Waals surface area contributed by atoms with E-state index in [1.54, 1.807) is 0 Å². The maximum atomic E-state index is 12.7. The van der Waals surface area contributed by atoms with Crippen LogP contribution in [-0.4, -0.2) is 58.6 Å². The van der Waals surface area contributed by atoms with Crippen LogP contribution in [0, 0.1) is 0 Å². The summed E-state index contributed by atoms with van der Waals surface area (Å²) in [6.07, 6.45) is 2.75. The Labute approximate surface area is 129 Å². The number of hydrogen-bond acceptors (Lipinski definition) is 4. The fourth-order valence-electron chi connectivity index (χ4n) is 2.20. The second-order valence-corrected chi connectivity index (χ2v) is 4.43. The van der Waals surface area contributed by atoms with E-state index in [9.17, 15) is 8.78 Å². The van der Waals surface area contributed by atoms with Crippen LogP contribution in [0.3, 0.4) is 0 Å². The summed E-state index contributed by atoms with van der Waals surface area (Å²) in [5.41, 5.74) is 5.50. The Morgan fingerprint density at radius 2 is 1.75 bits per heavy atom. The van der Waals surface area contributed by atoms with Crippen molar-refractivity contribution in [2.45, 2.75) is 13.1 Å². The van der Waals surface area contributed by atoms with Gasteiger partial charge < -0.3 is 5.73 Å². The summed E-state index contributed by atoms with van der Waals surface area (Å²) < 4.78 is 26.2. The second-order valence-electron chi connectivity index (χ2n) is 4.43. The maximum absolute atomic E-state index is 12.7. The van der Waals surface area contributed by atoms with E-state index < -0.39 is 6.55 Å². The minimum absolute atomic E-state index is 0. The second kappa shape index (κ2) is 9.46. The molecule has 2 rings (SSSR count). The third-order valence-electron chi connectivity index (χ3n) is 3.23. The number of piperazine rings is 1. The maximum Gasteiger partial charge on any atom is 0.319 e. The molecule has 118 valence electrons. The van der Waals surface area contributed by atoms with Crippen LogP contribution < -0.4 is 5.73 Å². The van der Waals surface area contributed by atoms with Gasteiger partial charge in [-0.15, -0.1) is 24.8 Å². The van der Waals surface area contributed by atoms with Gasteiger partial charge in [-0.05, 0) is 0 Å². The zero-order valence-corrected chi connectivity index (χ0v) is 12.8. The van der Waals surface area contributed by atoms with Crippen molar-refractivity contribution in [3.8, 4) is 0 Å². The van der Waals surface area contributed by atoms with Crippen LogP contribution >= 0.6 is 24.8 Å². The van der Waals surface area contributed by atoms with Crippen molar-refractivity contribution in [1.82, 2.24) is 19.4 Å². The first-order chi connectivity index (χ1) is 8.70. The molecule has 2 N–H and O–H groups in total. The molecule has 1 aliphatic rings. The Bertz CT molecular complexity index is 369. The van der Waals surface area contributed by atoms with Crippen LogP contribution in [0.2, 0.25) is 0 Å². The van der Waals surface area contributed by atoms with E-state index in [1.807, 2.05) is 0 Å². The number of hydrogen-bond donors (Lipinski definition) is 1. The van der Waals surface area contributed by atoms with E-state index in [0.29, 0.717) is 18.9 Å². The van der Waals surface area contributed by atoms with Crippen LogP contribution in [0.5, 0.6) is 0 Å². The van der Waals surface area contributed by atoms with Crippen LogP contribution in [0.1, 0.15) is 12.4 Å². The van der Waals surface area contributed by atoms with Crippen LogP contribution in [0.4, 0.5) is 8.78 Å². The third kappa shape index (κ3) is 5.14. The molecule has 0 atom stereocenters. The molecule has 1 aliphatic heterocycles. The summed E-state index contributed by atoms with van der Waals surface area (Å²) in [5, 5.41) is 0. The Hall–Kier alpha value is -0.470. The number of halogens is 4. The SMILES string of the molecule is Cl.Cl.NCCN1CCN(Cc2nccn2C(F)F)CC1. The van der Waals surface area contributed by atoms with Crippen LogP contribution in [0.25, 0.3) is 0 Å². The van der Waals surface area contributed by atoms with E-state index in [-0.39, 0.29) is 24.8 Å². The molecule has 1 saturated heterocycles. The predicted molar refractivity (Wildman–Crippen MR) is 78.7 cm³/mol. The number of nitrogens with zero attached hydrogens (tertiary/aromatic N) is 4. The molecule has 0 unspecified atom stereocenters. The lowest BCUT2D eigenvalue weighted by Crippen LogP contribution is -2.47. The molecule has 20 heavy (non-hydrogen) atoms. The molecular weight excluding hydrogens is 311 g/mol.